The molecular formula is C16H31BrF3N. The fourth-order valence-electron chi connectivity index (χ4n) is 2.47. The second-order valence-corrected chi connectivity index (χ2v) is 6.56. The van der Waals surface area contributed by atoms with Gasteiger partial charge in [-0.1, -0.05) is 80.6 Å². The quantitative estimate of drug-likeness (QED) is 0.260. The molecule has 128 valence electrons. The Hall–Kier alpha value is 0.230. The van der Waals surface area contributed by atoms with E-state index in [0.29, 0.717) is 18.4 Å². The van der Waals surface area contributed by atoms with E-state index in [9.17, 15) is 13.2 Å². The van der Waals surface area contributed by atoms with E-state index in [4.69, 9.17) is 0 Å². The van der Waals surface area contributed by atoms with Crippen LogP contribution in [-0.4, -0.2) is 36.0 Å². The molecule has 0 atom stereocenters. The summed E-state index contributed by atoms with van der Waals surface area (Å²) in [6, 6.07) is 0. The molecule has 1 nitrogen and oxygen atoms in total. The molecule has 0 heterocycles. The molecule has 0 spiro atoms. The minimum atomic E-state index is -4.08. The summed E-state index contributed by atoms with van der Waals surface area (Å²) in [5, 5.41) is 0.598. The summed E-state index contributed by atoms with van der Waals surface area (Å²) in [5.74, 6) is 0. The lowest BCUT2D eigenvalue weighted by atomic mass is 10.1. The fraction of sp³-hybridized carbons (Fsp3) is 1.00. The molecule has 0 aromatic carbocycles. The minimum absolute atomic E-state index is 0.469. The molecule has 0 aromatic rings. The van der Waals surface area contributed by atoms with Crippen LogP contribution < -0.4 is 0 Å². The summed E-state index contributed by atoms with van der Waals surface area (Å²) in [4.78, 5) is 1.50. The van der Waals surface area contributed by atoms with Gasteiger partial charge in [0.1, 0.15) is 0 Å². The summed E-state index contributed by atoms with van der Waals surface area (Å²) in [5.41, 5.74) is 0. The number of halogens is 4. The molecule has 0 aromatic heterocycles. The van der Waals surface area contributed by atoms with Crippen LogP contribution in [0.2, 0.25) is 0 Å². The van der Waals surface area contributed by atoms with Crippen LogP contribution in [0.15, 0.2) is 0 Å². The highest BCUT2D eigenvalue weighted by molar-refractivity contribution is 9.09. The van der Waals surface area contributed by atoms with Crippen molar-refractivity contribution in [3.63, 3.8) is 0 Å². The molecule has 0 unspecified atom stereocenters. The van der Waals surface area contributed by atoms with Crippen molar-refractivity contribution >= 4 is 15.9 Å². The van der Waals surface area contributed by atoms with E-state index < -0.39 is 12.7 Å². The molecular weight excluding hydrogens is 343 g/mol. The summed E-state index contributed by atoms with van der Waals surface area (Å²) >= 11 is 3.22. The van der Waals surface area contributed by atoms with Crippen molar-refractivity contribution < 1.29 is 13.2 Å². The summed E-state index contributed by atoms with van der Waals surface area (Å²) in [6.07, 6.45) is 8.09. The van der Waals surface area contributed by atoms with Crippen molar-refractivity contribution in [2.45, 2.75) is 77.3 Å². The molecule has 0 fully saturated rings. The van der Waals surface area contributed by atoms with Crippen LogP contribution in [-0.2, 0) is 0 Å². The van der Waals surface area contributed by atoms with Gasteiger partial charge in [0.05, 0.1) is 6.54 Å². The highest BCUT2D eigenvalue weighted by Gasteiger charge is 2.29. The average molecular weight is 374 g/mol. The highest BCUT2D eigenvalue weighted by Crippen LogP contribution is 2.17. The lowest BCUT2D eigenvalue weighted by Gasteiger charge is -2.22. The minimum Gasteiger partial charge on any atom is -0.294 e. The van der Waals surface area contributed by atoms with Crippen LogP contribution in [0.3, 0.4) is 0 Å². The van der Waals surface area contributed by atoms with Gasteiger partial charge in [-0.05, 0) is 13.0 Å². The van der Waals surface area contributed by atoms with Crippen molar-refractivity contribution in [2.75, 3.05) is 25.0 Å². The first-order valence-electron chi connectivity index (χ1n) is 8.34. The van der Waals surface area contributed by atoms with E-state index in [1.165, 1.54) is 49.8 Å². The Morgan fingerprint density at radius 2 is 1.24 bits per heavy atom. The molecule has 5 heteroatoms. The van der Waals surface area contributed by atoms with Gasteiger partial charge in [-0.2, -0.15) is 13.2 Å². The second-order valence-electron chi connectivity index (χ2n) is 5.76. The summed E-state index contributed by atoms with van der Waals surface area (Å²) < 4.78 is 37.1. The van der Waals surface area contributed by atoms with Gasteiger partial charge in [0.2, 0.25) is 0 Å². The first-order valence-corrected chi connectivity index (χ1v) is 9.47. The smallest absolute Gasteiger partial charge is 0.294 e. The maximum atomic E-state index is 12.4. The van der Waals surface area contributed by atoms with Crippen molar-refractivity contribution in [1.82, 2.24) is 4.90 Å². The van der Waals surface area contributed by atoms with Crippen LogP contribution >= 0.6 is 15.9 Å². The zero-order chi connectivity index (χ0) is 16.0. The van der Waals surface area contributed by atoms with Crippen molar-refractivity contribution in [1.29, 1.82) is 0 Å². The van der Waals surface area contributed by atoms with E-state index in [0.717, 1.165) is 19.3 Å². The van der Waals surface area contributed by atoms with Gasteiger partial charge in [0.15, 0.2) is 0 Å². The van der Waals surface area contributed by atoms with Crippen LogP contribution in [0, 0.1) is 0 Å². The van der Waals surface area contributed by atoms with E-state index in [1.54, 1.807) is 0 Å². The number of alkyl halides is 4. The van der Waals surface area contributed by atoms with Crippen molar-refractivity contribution in [3.05, 3.63) is 0 Å². The van der Waals surface area contributed by atoms with Crippen molar-refractivity contribution in [2.24, 2.45) is 0 Å². The number of hydrogen-bond donors (Lipinski definition) is 0. The van der Waals surface area contributed by atoms with Crippen LogP contribution in [0.1, 0.15) is 71.1 Å². The Balaban J connectivity index is 3.45. The molecule has 0 aliphatic carbocycles. The highest BCUT2D eigenvalue weighted by atomic mass is 79.9. The second kappa shape index (κ2) is 13.9. The van der Waals surface area contributed by atoms with Crippen LogP contribution in [0.4, 0.5) is 13.2 Å². The molecule has 0 saturated carbocycles. The van der Waals surface area contributed by atoms with E-state index in [1.807, 2.05) is 0 Å². The monoisotopic (exact) mass is 373 g/mol. The number of nitrogens with zero attached hydrogens (tertiary/aromatic N) is 1. The molecule has 0 amide bonds. The van der Waals surface area contributed by atoms with E-state index in [2.05, 4.69) is 22.9 Å². The van der Waals surface area contributed by atoms with Gasteiger partial charge in [0.25, 0.3) is 0 Å². The molecule has 0 bridgehead atoms. The maximum Gasteiger partial charge on any atom is 0.401 e. The normalized spacial score (nSPS) is 12.3. The summed E-state index contributed by atoms with van der Waals surface area (Å²) in [7, 11) is 0. The van der Waals surface area contributed by atoms with Crippen LogP contribution in [0.5, 0.6) is 0 Å². The first-order chi connectivity index (χ1) is 9.99. The standard InChI is InChI=1S/C16H31BrF3N/c1-2-3-4-5-6-7-8-9-10-11-13-21(14-12-17)15-16(18,19)20/h2-15H2,1H3. The third kappa shape index (κ3) is 16.4. The zero-order valence-corrected chi connectivity index (χ0v) is 14.9. The van der Waals surface area contributed by atoms with Gasteiger partial charge in [0, 0.05) is 11.9 Å². The summed E-state index contributed by atoms with van der Waals surface area (Å²) in [6.45, 7) is 2.46. The predicted molar refractivity (Wildman–Crippen MR) is 88.1 cm³/mol. The fourth-order valence-corrected chi connectivity index (χ4v) is 2.97. The Labute approximate surface area is 136 Å². The van der Waals surface area contributed by atoms with Gasteiger partial charge in [-0.25, -0.2) is 0 Å². The molecule has 0 saturated heterocycles. The lowest BCUT2D eigenvalue weighted by Crippen LogP contribution is -2.36. The molecule has 0 N–H and O–H groups in total. The Bertz CT molecular complexity index is 222. The molecule has 0 radical (unpaired) electrons. The topological polar surface area (TPSA) is 3.24 Å². The van der Waals surface area contributed by atoms with Gasteiger partial charge < -0.3 is 0 Å². The average Bonchev–Trinajstić information content (AvgIpc) is 2.39. The predicted octanol–water partition coefficient (Wildman–Crippen LogP) is 6.17. The van der Waals surface area contributed by atoms with Crippen molar-refractivity contribution in [3.8, 4) is 0 Å². The Morgan fingerprint density at radius 1 is 0.762 bits per heavy atom. The molecule has 21 heavy (non-hydrogen) atoms. The Morgan fingerprint density at radius 3 is 1.67 bits per heavy atom. The SMILES string of the molecule is CCCCCCCCCCCCN(CCBr)CC(F)(F)F. The zero-order valence-electron chi connectivity index (χ0n) is 13.4. The van der Waals surface area contributed by atoms with E-state index in [-0.39, 0.29) is 0 Å². The maximum absolute atomic E-state index is 12.4. The lowest BCUT2D eigenvalue weighted by molar-refractivity contribution is -0.145. The van der Waals surface area contributed by atoms with Gasteiger partial charge in [-0.15, -0.1) is 0 Å². The number of rotatable bonds is 14. The van der Waals surface area contributed by atoms with E-state index >= 15 is 0 Å². The number of hydrogen-bond acceptors (Lipinski definition) is 1. The van der Waals surface area contributed by atoms with Crippen LogP contribution in [0.25, 0.3) is 0 Å². The molecule has 0 aliphatic rings. The third-order valence-electron chi connectivity index (χ3n) is 3.63. The molecule has 0 aliphatic heterocycles. The molecule has 0 rings (SSSR count). The number of unbranched alkanes of at least 4 members (excludes halogenated alkanes) is 9. The Kier molecular flexibility index (Phi) is 14.0. The van der Waals surface area contributed by atoms with Gasteiger partial charge in [-0.3, -0.25) is 4.90 Å². The largest absolute Gasteiger partial charge is 0.401 e. The van der Waals surface area contributed by atoms with Gasteiger partial charge >= 0.3 is 6.18 Å². The third-order valence-corrected chi connectivity index (χ3v) is 3.99. The first kappa shape index (κ1) is 21.2.